The Kier molecular flexibility index (Phi) is 5.77. The second-order valence-electron chi connectivity index (χ2n) is 4.11. The molecule has 16 heavy (non-hydrogen) atoms. The molecule has 0 unspecified atom stereocenters. The Morgan fingerprint density at radius 3 is 2.88 bits per heavy atom. The van der Waals surface area contributed by atoms with Crippen LogP contribution in [0.3, 0.4) is 0 Å². The Morgan fingerprint density at radius 2 is 2.25 bits per heavy atom. The quantitative estimate of drug-likeness (QED) is 0.817. The highest BCUT2D eigenvalue weighted by atomic mass is 79.9. The lowest BCUT2D eigenvalue weighted by Crippen LogP contribution is -2.24. The number of nitrogens with zero attached hydrogens (tertiary/aromatic N) is 1. The smallest absolute Gasteiger partial charge is 0.227 e. The number of aryl methyl sites for hydroxylation is 1. The van der Waals surface area contributed by atoms with Gasteiger partial charge in [-0.15, -0.1) is 0 Å². The largest absolute Gasteiger partial charge is 0.477 e. The van der Waals surface area contributed by atoms with Gasteiger partial charge in [0.2, 0.25) is 5.88 Å². The van der Waals surface area contributed by atoms with E-state index < -0.39 is 0 Å². The highest BCUT2D eigenvalue weighted by molar-refractivity contribution is 9.10. The van der Waals surface area contributed by atoms with Crippen LogP contribution in [-0.2, 0) is 0 Å². The fraction of sp³-hybridized carbons (Fsp3) is 0.583. The average Bonchev–Trinajstić information content (AvgIpc) is 2.20. The highest BCUT2D eigenvalue weighted by Gasteiger charge is 2.02. The summed E-state index contributed by atoms with van der Waals surface area (Å²) in [5.74, 6) is 0.676. The standard InChI is InChI=1S/C12H19BrN2O/c1-9(2)14-5-4-6-16-12-11(13)7-10(3)8-15-12/h7-9,14H,4-6H2,1-3H3. The summed E-state index contributed by atoms with van der Waals surface area (Å²) >= 11 is 3.44. The van der Waals surface area contributed by atoms with Crippen molar-refractivity contribution in [1.82, 2.24) is 10.3 Å². The van der Waals surface area contributed by atoms with Crippen molar-refractivity contribution in [3.63, 3.8) is 0 Å². The van der Waals surface area contributed by atoms with E-state index in [1.165, 1.54) is 0 Å². The monoisotopic (exact) mass is 286 g/mol. The van der Waals surface area contributed by atoms with E-state index in [0.29, 0.717) is 18.5 Å². The van der Waals surface area contributed by atoms with Gasteiger partial charge in [-0.05, 0) is 47.4 Å². The van der Waals surface area contributed by atoms with Crippen molar-refractivity contribution in [3.05, 3.63) is 22.3 Å². The zero-order valence-electron chi connectivity index (χ0n) is 10.1. The van der Waals surface area contributed by atoms with Gasteiger partial charge in [-0.1, -0.05) is 13.8 Å². The molecule has 0 amide bonds. The van der Waals surface area contributed by atoms with Gasteiger partial charge in [0, 0.05) is 12.2 Å². The van der Waals surface area contributed by atoms with Crippen LogP contribution >= 0.6 is 15.9 Å². The Labute approximate surface area is 106 Å². The molecular formula is C12H19BrN2O. The van der Waals surface area contributed by atoms with Crippen LogP contribution in [0, 0.1) is 6.92 Å². The minimum Gasteiger partial charge on any atom is -0.477 e. The van der Waals surface area contributed by atoms with E-state index in [2.05, 4.69) is 40.1 Å². The van der Waals surface area contributed by atoms with Crippen molar-refractivity contribution in [2.75, 3.05) is 13.2 Å². The van der Waals surface area contributed by atoms with E-state index in [4.69, 9.17) is 4.74 Å². The molecule has 1 aromatic heterocycles. The number of ether oxygens (including phenoxy) is 1. The molecule has 1 heterocycles. The first kappa shape index (κ1) is 13.5. The Hall–Kier alpha value is -0.610. The summed E-state index contributed by atoms with van der Waals surface area (Å²) in [7, 11) is 0. The molecule has 1 rings (SSSR count). The van der Waals surface area contributed by atoms with Gasteiger partial charge in [0.1, 0.15) is 0 Å². The third-order valence-corrected chi connectivity index (χ3v) is 2.62. The van der Waals surface area contributed by atoms with Crippen LogP contribution in [0.5, 0.6) is 5.88 Å². The molecule has 0 bridgehead atoms. The maximum atomic E-state index is 5.58. The molecule has 4 heteroatoms. The van der Waals surface area contributed by atoms with Gasteiger partial charge in [0.05, 0.1) is 11.1 Å². The van der Waals surface area contributed by atoms with E-state index in [1.807, 2.05) is 19.2 Å². The number of pyridine rings is 1. The van der Waals surface area contributed by atoms with Crippen molar-refractivity contribution in [3.8, 4) is 5.88 Å². The average molecular weight is 287 g/mol. The molecule has 0 aromatic carbocycles. The van der Waals surface area contributed by atoms with Crippen LogP contribution < -0.4 is 10.1 Å². The molecular weight excluding hydrogens is 268 g/mol. The Bertz CT molecular complexity index is 329. The number of aromatic nitrogens is 1. The van der Waals surface area contributed by atoms with Gasteiger partial charge in [-0.2, -0.15) is 0 Å². The van der Waals surface area contributed by atoms with Gasteiger partial charge < -0.3 is 10.1 Å². The van der Waals surface area contributed by atoms with Gasteiger partial charge in [-0.25, -0.2) is 4.98 Å². The summed E-state index contributed by atoms with van der Waals surface area (Å²) in [4.78, 5) is 4.22. The van der Waals surface area contributed by atoms with Crippen LogP contribution in [0.4, 0.5) is 0 Å². The van der Waals surface area contributed by atoms with Crippen LogP contribution in [0.15, 0.2) is 16.7 Å². The topological polar surface area (TPSA) is 34.1 Å². The molecule has 0 aliphatic heterocycles. The summed E-state index contributed by atoms with van der Waals surface area (Å²) < 4.78 is 6.50. The molecule has 0 aliphatic rings. The van der Waals surface area contributed by atoms with Crippen molar-refractivity contribution < 1.29 is 4.74 Å². The van der Waals surface area contributed by atoms with Crippen molar-refractivity contribution in [2.45, 2.75) is 33.2 Å². The molecule has 0 fully saturated rings. The molecule has 3 nitrogen and oxygen atoms in total. The molecule has 1 aromatic rings. The highest BCUT2D eigenvalue weighted by Crippen LogP contribution is 2.22. The summed E-state index contributed by atoms with van der Waals surface area (Å²) in [5, 5.41) is 3.34. The second-order valence-corrected chi connectivity index (χ2v) is 4.96. The third kappa shape index (κ3) is 4.94. The number of nitrogens with one attached hydrogen (secondary N) is 1. The lowest BCUT2D eigenvalue weighted by Gasteiger charge is -2.09. The lowest BCUT2D eigenvalue weighted by atomic mass is 10.3. The van der Waals surface area contributed by atoms with Crippen LogP contribution in [0.2, 0.25) is 0 Å². The molecule has 0 atom stereocenters. The van der Waals surface area contributed by atoms with Gasteiger partial charge in [0.25, 0.3) is 0 Å². The third-order valence-electron chi connectivity index (χ3n) is 2.06. The maximum Gasteiger partial charge on any atom is 0.227 e. The van der Waals surface area contributed by atoms with E-state index in [9.17, 15) is 0 Å². The van der Waals surface area contributed by atoms with Crippen LogP contribution in [0.1, 0.15) is 25.8 Å². The van der Waals surface area contributed by atoms with Crippen LogP contribution in [0.25, 0.3) is 0 Å². The first-order chi connectivity index (χ1) is 7.59. The minimum absolute atomic E-state index is 0.532. The summed E-state index contributed by atoms with van der Waals surface area (Å²) in [5.41, 5.74) is 1.13. The van der Waals surface area contributed by atoms with Crippen LogP contribution in [-0.4, -0.2) is 24.2 Å². The zero-order chi connectivity index (χ0) is 12.0. The van der Waals surface area contributed by atoms with Gasteiger partial charge >= 0.3 is 0 Å². The minimum atomic E-state index is 0.532. The Morgan fingerprint density at radius 1 is 1.50 bits per heavy atom. The SMILES string of the molecule is Cc1cnc(OCCCNC(C)C)c(Br)c1. The van der Waals surface area contributed by atoms with Crippen molar-refractivity contribution in [2.24, 2.45) is 0 Å². The van der Waals surface area contributed by atoms with E-state index in [1.54, 1.807) is 0 Å². The Balaban J connectivity index is 2.27. The summed E-state index contributed by atoms with van der Waals surface area (Å²) in [6, 6.07) is 2.54. The predicted molar refractivity (Wildman–Crippen MR) is 69.9 cm³/mol. The first-order valence-electron chi connectivity index (χ1n) is 5.58. The molecule has 90 valence electrons. The number of hydrogen-bond acceptors (Lipinski definition) is 3. The molecule has 0 aliphatic carbocycles. The first-order valence-corrected chi connectivity index (χ1v) is 6.37. The molecule has 1 N–H and O–H groups in total. The number of rotatable bonds is 6. The second kappa shape index (κ2) is 6.86. The maximum absolute atomic E-state index is 5.58. The summed E-state index contributed by atoms with van der Waals surface area (Å²) in [6.07, 6.45) is 2.80. The fourth-order valence-electron chi connectivity index (χ4n) is 1.26. The summed E-state index contributed by atoms with van der Waals surface area (Å²) in [6.45, 7) is 7.95. The number of halogens is 1. The normalized spacial score (nSPS) is 10.8. The molecule has 0 saturated heterocycles. The molecule has 0 radical (unpaired) electrons. The van der Waals surface area contributed by atoms with Gasteiger partial charge in [-0.3, -0.25) is 0 Å². The zero-order valence-corrected chi connectivity index (χ0v) is 11.7. The van der Waals surface area contributed by atoms with Crippen molar-refractivity contribution in [1.29, 1.82) is 0 Å². The van der Waals surface area contributed by atoms with E-state index in [0.717, 1.165) is 23.0 Å². The van der Waals surface area contributed by atoms with Gasteiger partial charge in [0.15, 0.2) is 0 Å². The van der Waals surface area contributed by atoms with Crippen molar-refractivity contribution >= 4 is 15.9 Å². The molecule has 0 saturated carbocycles. The van der Waals surface area contributed by atoms with E-state index in [-0.39, 0.29) is 0 Å². The number of hydrogen-bond donors (Lipinski definition) is 1. The van der Waals surface area contributed by atoms with E-state index >= 15 is 0 Å². The lowest BCUT2D eigenvalue weighted by molar-refractivity contribution is 0.293. The molecule has 0 spiro atoms. The fourth-order valence-corrected chi connectivity index (χ4v) is 1.84. The predicted octanol–water partition coefficient (Wildman–Crippen LogP) is 2.92.